The molecule has 1 N–H and O–H groups in total. The molecule has 0 aromatic carbocycles. The van der Waals surface area contributed by atoms with Crippen molar-refractivity contribution in [3.63, 3.8) is 0 Å². The summed E-state index contributed by atoms with van der Waals surface area (Å²) in [5, 5.41) is 12.0. The molecule has 0 bridgehead atoms. The van der Waals surface area contributed by atoms with E-state index in [0.717, 1.165) is 13.1 Å². The normalized spacial score (nSPS) is 10.5. The van der Waals surface area contributed by atoms with Gasteiger partial charge in [0.1, 0.15) is 11.9 Å². The Morgan fingerprint density at radius 1 is 1.56 bits per heavy atom. The van der Waals surface area contributed by atoms with Gasteiger partial charge in [0.15, 0.2) is 0 Å². The fourth-order valence-electron chi connectivity index (χ4n) is 1.25. The topological polar surface area (TPSA) is 52.0 Å². The van der Waals surface area contributed by atoms with Crippen LogP contribution >= 0.6 is 0 Å². The van der Waals surface area contributed by atoms with Crippen LogP contribution in [0, 0.1) is 11.3 Å². The number of nitrogens with one attached hydrogen (secondary N) is 1. The van der Waals surface area contributed by atoms with Crippen LogP contribution in [0.2, 0.25) is 0 Å². The summed E-state index contributed by atoms with van der Waals surface area (Å²) in [7, 11) is 2.08. The van der Waals surface area contributed by atoms with Crippen molar-refractivity contribution in [2.75, 3.05) is 25.5 Å². The molecule has 4 heteroatoms. The Balaban J connectivity index is 2.46. The van der Waals surface area contributed by atoms with Crippen LogP contribution in [0.1, 0.15) is 19.4 Å². The van der Waals surface area contributed by atoms with Crippen LogP contribution in [0.25, 0.3) is 0 Å². The molecular weight excluding hydrogens is 200 g/mol. The van der Waals surface area contributed by atoms with E-state index in [-0.39, 0.29) is 0 Å². The van der Waals surface area contributed by atoms with E-state index in [9.17, 15) is 0 Å². The highest BCUT2D eigenvalue weighted by molar-refractivity contribution is 5.51. The first-order chi connectivity index (χ1) is 7.65. The number of rotatable bonds is 5. The molecular formula is C12H18N4. The number of anilines is 1. The minimum absolute atomic E-state index is 0.529. The molecule has 0 fully saturated rings. The molecule has 1 rings (SSSR count). The maximum Gasteiger partial charge on any atom is 0.143 e. The summed E-state index contributed by atoms with van der Waals surface area (Å²) in [6, 6.07) is 6.18. The fraction of sp³-hybridized carbons (Fsp3) is 0.500. The molecule has 1 heterocycles. The van der Waals surface area contributed by atoms with E-state index in [1.807, 2.05) is 0 Å². The zero-order chi connectivity index (χ0) is 12.0. The van der Waals surface area contributed by atoms with Crippen LogP contribution in [0.3, 0.4) is 0 Å². The average Bonchev–Trinajstić information content (AvgIpc) is 2.29. The molecule has 4 nitrogen and oxygen atoms in total. The molecule has 0 atom stereocenters. The van der Waals surface area contributed by atoms with Gasteiger partial charge in [-0.15, -0.1) is 0 Å². The Hall–Kier alpha value is -1.60. The summed E-state index contributed by atoms with van der Waals surface area (Å²) in [5.41, 5.74) is 0.592. The number of hydrogen-bond donors (Lipinski definition) is 1. The minimum atomic E-state index is 0.529. The van der Waals surface area contributed by atoms with E-state index < -0.39 is 0 Å². The van der Waals surface area contributed by atoms with E-state index >= 15 is 0 Å². The maximum atomic E-state index is 8.87. The van der Waals surface area contributed by atoms with Gasteiger partial charge in [0.2, 0.25) is 0 Å². The fourth-order valence-corrected chi connectivity index (χ4v) is 1.25. The Kier molecular flexibility index (Phi) is 4.74. The van der Waals surface area contributed by atoms with Crippen LogP contribution in [-0.4, -0.2) is 36.1 Å². The van der Waals surface area contributed by atoms with Crippen molar-refractivity contribution in [2.24, 2.45) is 0 Å². The van der Waals surface area contributed by atoms with Crippen LogP contribution < -0.4 is 5.32 Å². The molecule has 1 aromatic rings. The summed E-state index contributed by atoms with van der Waals surface area (Å²) in [4.78, 5) is 6.38. The molecule has 0 saturated heterocycles. The van der Waals surface area contributed by atoms with Gasteiger partial charge in [0.25, 0.3) is 0 Å². The highest BCUT2D eigenvalue weighted by Crippen LogP contribution is 2.08. The maximum absolute atomic E-state index is 8.87. The van der Waals surface area contributed by atoms with Crippen LogP contribution in [-0.2, 0) is 0 Å². The number of likely N-dealkylation sites (N-methyl/N-ethyl adjacent to an activating group) is 1. The van der Waals surface area contributed by atoms with Gasteiger partial charge in [-0.2, -0.15) is 5.26 Å². The number of nitriles is 1. The minimum Gasteiger partial charge on any atom is -0.368 e. The van der Waals surface area contributed by atoms with Crippen molar-refractivity contribution < 1.29 is 0 Å². The standard InChI is InChI=1S/C12H18N4/c1-10(2)16(3)8-7-15-12-11(9-13)5-4-6-14-12/h4-6,10H,7-8H2,1-3H3,(H,14,15). The van der Waals surface area contributed by atoms with Crippen molar-refractivity contribution in [1.82, 2.24) is 9.88 Å². The van der Waals surface area contributed by atoms with Crippen molar-refractivity contribution in [3.8, 4) is 6.07 Å². The van der Waals surface area contributed by atoms with Gasteiger partial charge in [-0.3, -0.25) is 0 Å². The highest BCUT2D eigenvalue weighted by Gasteiger charge is 2.04. The van der Waals surface area contributed by atoms with Gasteiger partial charge in [0.05, 0.1) is 5.56 Å². The first-order valence-electron chi connectivity index (χ1n) is 5.44. The summed E-state index contributed by atoms with van der Waals surface area (Å²) < 4.78 is 0. The molecule has 0 saturated carbocycles. The van der Waals surface area contributed by atoms with E-state index in [1.54, 1.807) is 18.3 Å². The second kappa shape index (κ2) is 6.09. The summed E-state index contributed by atoms with van der Waals surface area (Å²) in [6.07, 6.45) is 1.69. The lowest BCUT2D eigenvalue weighted by Crippen LogP contribution is -2.31. The van der Waals surface area contributed by atoms with Gasteiger partial charge >= 0.3 is 0 Å². The monoisotopic (exact) mass is 218 g/mol. The zero-order valence-electron chi connectivity index (χ0n) is 10.1. The number of hydrogen-bond acceptors (Lipinski definition) is 4. The summed E-state index contributed by atoms with van der Waals surface area (Å²) >= 11 is 0. The first-order valence-corrected chi connectivity index (χ1v) is 5.44. The lowest BCUT2D eigenvalue weighted by molar-refractivity contribution is 0.284. The van der Waals surface area contributed by atoms with Crippen molar-refractivity contribution >= 4 is 5.82 Å². The average molecular weight is 218 g/mol. The summed E-state index contributed by atoms with van der Waals surface area (Å²) in [6.45, 7) is 6.03. The van der Waals surface area contributed by atoms with Gasteiger partial charge < -0.3 is 10.2 Å². The smallest absolute Gasteiger partial charge is 0.143 e. The second-order valence-corrected chi connectivity index (χ2v) is 4.01. The molecule has 1 aromatic heterocycles. The number of nitrogens with zero attached hydrogens (tertiary/aromatic N) is 3. The number of aromatic nitrogens is 1. The Morgan fingerprint density at radius 3 is 2.94 bits per heavy atom. The molecule has 0 radical (unpaired) electrons. The summed E-state index contributed by atoms with van der Waals surface area (Å²) in [5.74, 6) is 0.669. The third-order valence-electron chi connectivity index (χ3n) is 2.57. The van der Waals surface area contributed by atoms with Crippen LogP contribution in [0.4, 0.5) is 5.82 Å². The van der Waals surface area contributed by atoms with Crippen molar-refractivity contribution in [1.29, 1.82) is 5.26 Å². The van der Waals surface area contributed by atoms with E-state index in [4.69, 9.17) is 5.26 Å². The van der Waals surface area contributed by atoms with E-state index in [1.165, 1.54) is 0 Å². The third-order valence-corrected chi connectivity index (χ3v) is 2.57. The van der Waals surface area contributed by atoms with Crippen LogP contribution in [0.5, 0.6) is 0 Å². The zero-order valence-corrected chi connectivity index (χ0v) is 10.1. The predicted octanol–water partition coefficient (Wildman–Crippen LogP) is 1.71. The van der Waals surface area contributed by atoms with Crippen LogP contribution in [0.15, 0.2) is 18.3 Å². The van der Waals surface area contributed by atoms with Crippen molar-refractivity contribution in [3.05, 3.63) is 23.9 Å². The molecule has 0 unspecified atom stereocenters. The predicted molar refractivity (Wildman–Crippen MR) is 65.2 cm³/mol. The molecule has 0 amide bonds. The molecule has 0 spiro atoms. The van der Waals surface area contributed by atoms with E-state index in [0.29, 0.717) is 17.4 Å². The Bertz CT molecular complexity index is 368. The molecule has 0 aliphatic rings. The first kappa shape index (κ1) is 12.5. The van der Waals surface area contributed by atoms with Gasteiger partial charge in [-0.25, -0.2) is 4.98 Å². The van der Waals surface area contributed by atoms with E-state index in [2.05, 4.69) is 42.2 Å². The third kappa shape index (κ3) is 3.52. The molecule has 0 aliphatic carbocycles. The molecule has 0 aliphatic heterocycles. The molecule has 86 valence electrons. The Labute approximate surface area is 96.9 Å². The molecule has 16 heavy (non-hydrogen) atoms. The lowest BCUT2D eigenvalue weighted by Gasteiger charge is -2.21. The second-order valence-electron chi connectivity index (χ2n) is 4.01. The van der Waals surface area contributed by atoms with Gasteiger partial charge in [0, 0.05) is 25.3 Å². The van der Waals surface area contributed by atoms with Gasteiger partial charge in [-0.05, 0) is 33.0 Å². The number of pyridine rings is 1. The SMILES string of the molecule is CC(C)N(C)CCNc1ncccc1C#N. The quantitative estimate of drug-likeness (QED) is 0.817. The highest BCUT2D eigenvalue weighted by atomic mass is 15.1. The lowest BCUT2D eigenvalue weighted by atomic mass is 10.3. The van der Waals surface area contributed by atoms with Crippen molar-refractivity contribution in [2.45, 2.75) is 19.9 Å². The largest absolute Gasteiger partial charge is 0.368 e. The Morgan fingerprint density at radius 2 is 2.31 bits per heavy atom. The van der Waals surface area contributed by atoms with Gasteiger partial charge in [-0.1, -0.05) is 0 Å².